The summed E-state index contributed by atoms with van der Waals surface area (Å²) in [6.45, 7) is 2.68. The summed E-state index contributed by atoms with van der Waals surface area (Å²) in [5, 5.41) is 7.91. The molecule has 2 aromatic carbocycles. The van der Waals surface area contributed by atoms with E-state index >= 15 is 0 Å². The van der Waals surface area contributed by atoms with Crippen LogP contribution in [0.3, 0.4) is 0 Å². The number of hydrogen-bond donors (Lipinski definition) is 1. The fourth-order valence-corrected chi connectivity index (χ4v) is 3.78. The van der Waals surface area contributed by atoms with Gasteiger partial charge in [-0.15, -0.1) is 5.10 Å². The maximum absolute atomic E-state index is 13.0. The summed E-state index contributed by atoms with van der Waals surface area (Å²) in [4.78, 5) is 17.6. The van der Waals surface area contributed by atoms with Gasteiger partial charge in [0.1, 0.15) is 5.82 Å². The van der Waals surface area contributed by atoms with Crippen molar-refractivity contribution in [2.75, 3.05) is 5.32 Å². The molecular weight excluding hydrogens is 419 g/mol. The normalized spacial score (nSPS) is 10.7. The Kier molecular flexibility index (Phi) is 6.05. The van der Waals surface area contributed by atoms with E-state index in [9.17, 15) is 9.18 Å². The van der Waals surface area contributed by atoms with E-state index in [1.54, 1.807) is 16.8 Å². The van der Waals surface area contributed by atoms with Crippen molar-refractivity contribution >= 4 is 39.3 Å². The molecule has 0 unspecified atom stereocenters. The Bertz CT molecular complexity index is 914. The third kappa shape index (κ3) is 4.70. The van der Waals surface area contributed by atoms with E-state index in [1.807, 2.05) is 31.2 Å². The number of nitrogens with one attached hydrogen (secondary N) is 1. The van der Waals surface area contributed by atoms with E-state index in [0.717, 1.165) is 15.6 Å². The summed E-state index contributed by atoms with van der Waals surface area (Å²) >= 11 is 4.72. The van der Waals surface area contributed by atoms with Crippen LogP contribution in [-0.2, 0) is 17.8 Å². The highest BCUT2D eigenvalue weighted by molar-refractivity contribution is 9.10. The van der Waals surface area contributed by atoms with Crippen molar-refractivity contribution in [3.05, 3.63) is 64.6 Å². The molecule has 5 nitrogen and oxygen atoms in total. The van der Waals surface area contributed by atoms with E-state index in [1.165, 1.54) is 23.9 Å². The minimum absolute atomic E-state index is 0.164. The number of anilines is 1. The predicted molar refractivity (Wildman–Crippen MR) is 103 cm³/mol. The smallest absolute Gasteiger partial charge is 0.228 e. The number of hydrogen-bond acceptors (Lipinski definition) is 4. The Morgan fingerprint density at radius 3 is 2.69 bits per heavy atom. The first kappa shape index (κ1) is 18.6. The first-order valence-electron chi connectivity index (χ1n) is 7.96. The van der Waals surface area contributed by atoms with Crippen molar-refractivity contribution in [2.24, 2.45) is 0 Å². The number of amides is 1. The highest BCUT2D eigenvalue weighted by Gasteiger charge is 2.13. The average Bonchev–Trinajstić information content (AvgIpc) is 2.98. The number of rotatable bonds is 6. The van der Waals surface area contributed by atoms with Gasteiger partial charge in [0.15, 0.2) is 5.16 Å². The summed E-state index contributed by atoms with van der Waals surface area (Å²) in [5.74, 6) is -0.482. The molecule has 0 atom stereocenters. The molecule has 0 aliphatic rings. The number of aryl methyl sites for hydroxylation is 1. The Morgan fingerprint density at radius 2 is 1.96 bits per heavy atom. The lowest BCUT2D eigenvalue weighted by atomic mass is 10.1. The molecule has 1 heterocycles. The van der Waals surface area contributed by atoms with Gasteiger partial charge in [-0.3, -0.25) is 4.79 Å². The number of benzene rings is 2. The summed E-state index contributed by atoms with van der Waals surface area (Å²) in [5.41, 5.74) is 1.45. The predicted octanol–water partition coefficient (Wildman–Crippen LogP) is 4.53. The van der Waals surface area contributed by atoms with E-state index < -0.39 is 0 Å². The zero-order valence-corrected chi connectivity index (χ0v) is 16.3. The van der Waals surface area contributed by atoms with Crippen LogP contribution >= 0.6 is 27.7 Å². The van der Waals surface area contributed by atoms with Gasteiger partial charge in [-0.25, -0.2) is 9.07 Å². The Labute approximate surface area is 163 Å². The lowest BCUT2D eigenvalue weighted by molar-refractivity contribution is -0.115. The van der Waals surface area contributed by atoms with Gasteiger partial charge in [-0.05, 0) is 64.4 Å². The number of halogens is 2. The molecule has 3 aromatic rings. The van der Waals surface area contributed by atoms with Gasteiger partial charge in [0, 0.05) is 11.4 Å². The lowest BCUT2D eigenvalue weighted by Crippen LogP contribution is -2.15. The minimum atomic E-state index is -0.317. The third-order valence-electron chi connectivity index (χ3n) is 3.55. The standard InChI is InChI=1S/C18H16BrFN4OS/c1-2-24-18(22-17(19)23-24)26-15-6-4-3-5-14(15)21-16(25)11-12-7-9-13(20)10-8-12/h3-10H,2,11H2,1H3,(H,21,25). The summed E-state index contributed by atoms with van der Waals surface area (Å²) in [7, 11) is 0. The number of nitrogens with zero attached hydrogens (tertiary/aromatic N) is 3. The molecule has 0 aliphatic carbocycles. The van der Waals surface area contributed by atoms with Crippen LogP contribution in [0.15, 0.2) is 63.3 Å². The van der Waals surface area contributed by atoms with E-state index in [4.69, 9.17) is 0 Å². The molecule has 0 bridgehead atoms. The summed E-state index contributed by atoms with van der Waals surface area (Å²) < 4.78 is 15.3. The second-order valence-corrected chi connectivity index (χ2v) is 7.15. The number of carbonyl (C=O) groups is 1. The molecule has 8 heteroatoms. The molecular formula is C18H16BrFN4OS. The molecule has 0 saturated heterocycles. The number of carbonyl (C=O) groups excluding carboxylic acids is 1. The third-order valence-corrected chi connectivity index (χ3v) is 4.95. The maximum atomic E-state index is 13.0. The second-order valence-electron chi connectivity index (χ2n) is 5.43. The van der Waals surface area contributed by atoms with Crippen LogP contribution in [0, 0.1) is 5.82 Å². The molecule has 1 N–H and O–H groups in total. The van der Waals surface area contributed by atoms with Crippen LogP contribution in [-0.4, -0.2) is 20.7 Å². The quantitative estimate of drug-likeness (QED) is 0.618. The van der Waals surface area contributed by atoms with E-state index in [2.05, 4.69) is 31.3 Å². The van der Waals surface area contributed by atoms with Crippen LogP contribution < -0.4 is 5.32 Å². The first-order valence-corrected chi connectivity index (χ1v) is 9.57. The van der Waals surface area contributed by atoms with E-state index in [-0.39, 0.29) is 18.1 Å². The van der Waals surface area contributed by atoms with Crippen molar-refractivity contribution in [1.82, 2.24) is 14.8 Å². The first-order chi connectivity index (χ1) is 12.5. The Morgan fingerprint density at radius 1 is 1.23 bits per heavy atom. The average molecular weight is 435 g/mol. The van der Waals surface area contributed by atoms with Crippen LogP contribution in [0.5, 0.6) is 0 Å². The van der Waals surface area contributed by atoms with Crippen LogP contribution in [0.2, 0.25) is 0 Å². The Hall–Kier alpha value is -2.19. The molecule has 134 valence electrons. The fraction of sp³-hybridized carbons (Fsp3) is 0.167. The molecule has 0 saturated carbocycles. The number of aromatic nitrogens is 3. The molecule has 0 aliphatic heterocycles. The molecule has 26 heavy (non-hydrogen) atoms. The van der Waals surface area contributed by atoms with Crippen molar-refractivity contribution in [3.63, 3.8) is 0 Å². The maximum Gasteiger partial charge on any atom is 0.228 e. The zero-order valence-electron chi connectivity index (χ0n) is 13.9. The summed E-state index contributed by atoms with van der Waals surface area (Å²) in [6, 6.07) is 13.4. The second kappa shape index (κ2) is 8.46. The molecule has 1 amide bonds. The van der Waals surface area contributed by atoms with Gasteiger partial charge >= 0.3 is 0 Å². The summed E-state index contributed by atoms with van der Waals surface area (Å²) in [6.07, 6.45) is 0.177. The largest absolute Gasteiger partial charge is 0.325 e. The van der Waals surface area contributed by atoms with Crippen molar-refractivity contribution < 1.29 is 9.18 Å². The van der Waals surface area contributed by atoms with Crippen LogP contribution in [0.4, 0.5) is 10.1 Å². The van der Waals surface area contributed by atoms with Gasteiger partial charge in [0.25, 0.3) is 0 Å². The van der Waals surface area contributed by atoms with Crippen molar-refractivity contribution in [3.8, 4) is 0 Å². The van der Waals surface area contributed by atoms with Gasteiger partial charge in [0.05, 0.1) is 12.1 Å². The lowest BCUT2D eigenvalue weighted by Gasteiger charge is -2.10. The SMILES string of the molecule is CCn1nc(Br)nc1Sc1ccccc1NC(=O)Cc1ccc(F)cc1. The molecule has 0 radical (unpaired) electrons. The highest BCUT2D eigenvalue weighted by Crippen LogP contribution is 2.33. The minimum Gasteiger partial charge on any atom is -0.325 e. The van der Waals surface area contributed by atoms with Crippen LogP contribution in [0.1, 0.15) is 12.5 Å². The van der Waals surface area contributed by atoms with Gasteiger partial charge in [-0.2, -0.15) is 4.98 Å². The molecule has 3 rings (SSSR count). The molecule has 0 fully saturated rings. The monoisotopic (exact) mass is 434 g/mol. The Balaban J connectivity index is 1.74. The van der Waals surface area contributed by atoms with Gasteiger partial charge < -0.3 is 5.32 Å². The van der Waals surface area contributed by atoms with Crippen molar-refractivity contribution in [1.29, 1.82) is 0 Å². The topological polar surface area (TPSA) is 59.8 Å². The van der Waals surface area contributed by atoms with Gasteiger partial charge in [-0.1, -0.05) is 24.3 Å². The zero-order chi connectivity index (χ0) is 18.5. The van der Waals surface area contributed by atoms with E-state index in [0.29, 0.717) is 17.0 Å². The fourth-order valence-electron chi connectivity index (χ4n) is 2.32. The highest BCUT2D eigenvalue weighted by atomic mass is 79.9. The molecule has 0 spiro atoms. The van der Waals surface area contributed by atoms with Crippen LogP contribution in [0.25, 0.3) is 0 Å². The van der Waals surface area contributed by atoms with Crippen molar-refractivity contribution in [2.45, 2.75) is 29.9 Å². The molecule has 1 aromatic heterocycles. The van der Waals surface area contributed by atoms with Gasteiger partial charge in [0.2, 0.25) is 10.6 Å². The number of para-hydroxylation sites is 1.